The van der Waals surface area contributed by atoms with Crippen LogP contribution < -0.4 is 5.32 Å². The minimum atomic E-state index is -0.637. The highest BCUT2D eigenvalue weighted by atomic mass is 16.6. The molecule has 1 unspecified atom stereocenters. The lowest BCUT2D eigenvalue weighted by Gasteiger charge is -2.24. The molecule has 0 aromatic heterocycles. The Bertz CT molecular complexity index is 168. The number of hydrogen-bond acceptors (Lipinski definition) is 4. The molecule has 1 N–H and O–H groups in total. The number of esters is 1. The number of rotatable bonds is 5. The zero-order valence-electron chi connectivity index (χ0n) is 9.01. The van der Waals surface area contributed by atoms with Crippen molar-refractivity contribution in [3.8, 4) is 0 Å². The Morgan fingerprint density at radius 3 is 2.46 bits per heavy atom. The average molecular weight is 189 g/mol. The quantitative estimate of drug-likeness (QED) is 0.642. The van der Waals surface area contributed by atoms with E-state index in [1.807, 2.05) is 0 Å². The van der Waals surface area contributed by atoms with Crippen LogP contribution in [0.5, 0.6) is 0 Å². The van der Waals surface area contributed by atoms with Crippen LogP contribution in [0.4, 0.5) is 0 Å². The second-order valence-electron chi connectivity index (χ2n) is 3.55. The molecule has 0 fully saturated rings. The summed E-state index contributed by atoms with van der Waals surface area (Å²) in [6, 6.07) is 0. The number of likely N-dealkylation sites (N-methyl/N-ethyl adjacent to an activating group) is 1. The van der Waals surface area contributed by atoms with Gasteiger partial charge >= 0.3 is 5.97 Å². The second kappa shape index (κ2) is 5.19. The second-order valence-corrected chi connectivity index (χ2v) is 3.55. The summed E-state index contributed by atoms with van der Waals surface area (Å²) in [7, 11) is 3.30. The Balaban J connectivity index is 3.99. The van der Waals surface area contributed by atoms with E-state index in [0.717, 1.165) is 0 Å². The highest BCUT2D eigenvalue weighted by molar-refractivity contribution is 5.79. The molecule has 0 aliphatic heterocycles. The van der Waals surface area contributed by atoms with Crippen LogP contribution >= 0.6 is 0 Å². The van der Waals surface area contributed by atoms with Crippen LogP contribution in [0.1, 0.15) is 20.8 Å². The molecular weight excluding hydrogens is 170 g/mol. The van der Waals surface area contributed by atoms with Crippen molar-refractivity contribution in [3.05, 3.63) is 0 Å². The first-order chi connectivity index (χ1) is 5.94. The number of carbonyl (C=O) groups is 1. The molecule has 4 heteroatoms. The summed E-state index contributed by atoms with van der Waals surface area (Å²) in [6.45, 7) is 5.77. The fraction of sp³-hybridized carbons (Fsp3) is 0.889. The van der Waals surface area contributed by atoms with E-state index in [-0.39, 0.29) is 12.1 Å². The lowest BCUT2D eigenvalue weighted by Crippen LogP contribution is -2.47. The number of methoxy groups -OCH3 is 1. The van der Waals surface area contributed by atoms with Gasteiger partial charge in [0.25, 0.3) is 0 Å². The van der Waals surface area contributed by atoms with Gasteiger partial charge in [0.05, 0.1) is 6.61 Å². The van der Waals surface area contributed by atoms with Gasteiger partial charge in [0.2, 0.25) is 0 Å². The van der Waals surface area contributed by atoms with E-state index in [1.165, 1.54) is 0 Å². The van der Waals surface area contributed by atoms with E-state index >= 15 is 0 Å². The largest absolute Gasteiger partial charge is 0.459 e. The number of hydrogen-bond donors (Lipinski definition) is 1. The van der Waals surface area contributed by atoms with Crippen LogP contribution in [0.3, 0.4) is 0 Å². The van der Waals surface area contributed by atoms with Crippen LogP contribution in [0, 0.1) is 0 Å². The van der Waals surface area contributed by atoms with E-state index < -0.39 is 5.54 Å². The van der Waals surface area contributed by atoms with Gasteiger partial charge in [0.1, 0.15) is 11.6 Å². The third-order valence-electron chi connectivity index (χ3n) is 1.84. The summed E-state index contributed by atoms with van der Waals surface area (Å²) in [4.78, 5) is 11.4. The van der Waals surface area contributed by atoms with Crippen molar-refractivity contribution in [3.63, 3.8) is 0 Å². The summed E-state index contributed by atoms with van der Waals surface area (Å²) in [6.07, 6.45) is -0.204. The fourth-order valence-corrected chi connectivity index (χ4v) is 0.701. The van der Waals surface area contributed by atoms with Crippen molar-refractivity contribution in [2.45, 2.75) is 32.4 Å². The minimum absolute atomic E-state index is 0.204. The minimum Gasteiger partial charge on any atom is -0.459 e. The molecule has 0 saturated carbocycles. The summed E-state index contributed by atoms with van der Waals surface area (Å²) >= 11 is 0. The molecule has 0 aromatic rings. The first-order valence-corrected chi connectivity index (χ1v) is 4.33. The molecule has 0 saturated heterocycles. The van der Waals surface area contributed by atoms with Crippen molar-refractivity contribution in [2.24, 2.45) is 0 Å². The molecule has 1 atom stereocenters. The molecule has 0 rings (SSSR count). The summed E-state index contributed by atoms with van der Waals surface area (Å²) in [5.41, 5.74) is -0.637. The zero-order valence-corrected chi connectivity index (χ0v) is 9.01. The monoisotopic (exact) mass is 189 g/mol. The Hall–Kier alpha value is -0.610. The van der Waals surface area contributed by atoms with Crippen LogP contribution in [-0.4, -0.2) is 38.4 Å². The van der Waals surface area contributed by atoms with Crippen molar-refractivity contribution < 1.29 is 14.3 Å². The molecule has 0 radical (unpaired) electrons. The van der Waals surface area contributed by atoms with Crippen LogP contribution in [0.2, 0.25) is 0 Å². The summed E-state index contributed by atoms with van der Waals surface area (Å²) < 4.78 is 9.97. The smallest absolute Gasteiger partial charge is 0.326 e. The molecular formula is C9H19NO3. The summed E-state index contributed by atoms with van der Waals surface area (Å²) in [5.74, 6) is -0.264. The molecule has 0 aliphatic rings. The van der Waals surface area contributed by atoms with Gasteiger partial charge in [-0.2, -0.15) is 0 Å². The van der Waals surface area contributed by atoms with Gasteiger partial charge in [-0.3, -0.25) is 4.79 Å². The van der Waals surface area contributed by atoms with E-state index in [1.54, 1.807) is 34.9 Å². The predicted octanol–water partition coefficient (Wildman–Crippen LogP) is 0.562. The molecule has 4 nitrogen and oxygen atoms in total. The third kappa shape index (κ3) is 4.24. The van der Waals surface area contributed by atoms with Crippen molar-refractivity contribution >= 4 is 5.97 Å². The molecule has 13 heavy (non-hydrogen) atoms. The van der Waals surface area contributed by atoms with Gasteiger partial charge in [-0.05, 0) is 27.8 Å². The lowest BCUT2D eigenvalue weighted by atomic mass is 10.1. The Labute approximate surface area is 79.6 Å². The highest BCUT2D eigenvalue weighted by Crippen LogP contribution is 2.06. The van der Waals surface area contributed by atoms with Gasteiger partial charge in [0.15, 0.2) is 0 Å². The highest BCUT2D eigenvalue weighted by Gasteiger charge is 2.28. The van der Waals surface area contributed by atoms with E-state index in [4.69, 9.17) is 9.47 Å². The summed E-state index contributed by atoms with van der Waals surface area (Å²) in [5, 5.41) is 2.87. The molecule has 78 valence electrons. The molecule has 0 aromatic carbocycles. The van der Waals surface area contributed by atoms with Crippen molar-refractivity contribution in [1.82, 2.24) is 5.32 Å². The van der Waals surface area contributed by atoms with Crippen LogP contribution in [0.15, 0.2) is 0 Å². The van der Waals surface area contributed by atoms with Crippen LogP contribution in [0.25, 0.3) is 0 Å². The molecule has 0 amide bonds. The molecule has 0 aliphatic carbocycles. The normalized spacial score (nSPS) is 13.9. The van der Waals surface area contributed by atoms with E-state index in [9.17, 15) is 4.79 Å². The van der Waals surface area contributed by atoms with Gasteiger partial charge in [0, 0.05) is 7.11 Å². The van der Waals surface area contributed by atoms with Crippen LogP contribution in [-0.2, 0) is 14.3 Å². The van der Waals surface area contributed by atoms with E-state index in [2.05, 4.69) is 5.32 Å². The SMILES string of the molecule is CNC(C)(C)C(=O)OC(C)COC. The molecule has 0 bridgehead atoms. The third-order valence-corrected chi connectivity index (χ3v) is 1.84. The first-order valence-electron chi connectivity index (χ1n) is 4.33. The van der Waals surface area contributed by atoms with Gasteiger partial charge < -0.3 is 14.8 Å². The topological polar surface area (TPSA) is 47.6 Å². The maximum absolute atomic E-state index is 11.4. The standard InChI is InChI=1S/C9H19NO3/c1-7(6-12-5)13-8(11)9(2,3)10-4/h7,10H,6H2,1-5H3. The number of ether oxygens (including phenoxy) is 2. The fourth-order valence-electron chi connectivity index (χ4n) is 0.701. The lowest BCUT2D eigenvalue weighted by molar-refractivity contribution is -0.157. The average Bonchev–Trinajstić information content (AvgIpc) is 2.04. The molecule has 0 spiro atoms. The maximum Gasteiger partial charge on any atom is 0.326 e. The predicted molar refractivity (Wildman–Crippen MR) is 50.6 cm³/mol. The zero-order chi connectivity index (χ0) is 10.5. The Morgan fingerprint density at radius 2 is 2.08 bits per heavy atom. The first kappa shape index (κ1) is 12.4. The van der Waals surface area contributed by atoms with Gasteiger partial charge in [-0.1, -0.05) is 0 Å². The van der Waals surface area contributed by atoms with Gasteiger partial charge in [-0.15, -0.1) is 0 Å². The molecule has 0 heterocycles. The van der Waals surface area contributed by atoms with Crippen molar-refractivity contribution in [1.29, 1.82) is 0 Å². The van der Waals surface area contributed by atoms with Crippen molar-refractivity contribution in [2.75, 3.05) is 20.8 Å². The Kier molecular flexibility index (Phi) is 4.95. The maximum atomic E-state index is 11.4. The van der Waals surface area contributed by atoms with E-state index in [0.29, 0.717) is 6.61 Å². The van der Waals surface area contributed by atoms with Gasteiger partial charge in [-0.25, -0.2) is 0 Å². The Morgan fingerprint density at radius 1 is 1.54 bits per heavy atom. The number of carbonyl (C=O) groups excluding carboxylic acids is 1. The number of nitrogens with one attached hydrogen (secondary N) is 1.